The van der Waals surface area contributed by atoms with Gasteiger partial charge in [-0.15, -0.1) is 5.10 Å². The van der Waals surface area contributed by atoms with Crippen LogP contribution in [0.4, 0.5) is 5.69 Å². The van der Waals surface area contributed by atoms with Crippen LogP contribution in [-0.2, 0) is 4.79 Å². The zero-order chi connectivity index (χ0) is 16.0. The summed E-state index contributed by atoms with van der Waals surface area (Å²) in [6.45, 7) is 3.87. The molecule has 0 N–H and O–H groups in total. The predicted molar refractivity (Wildman–Crippen MR) is 88.7 cm³/mol. The number of anilines is 1. The minimum Gasteiger partial charge on any atom is -0.336 e. The lowest BCUT2D eigenvalue weighted by atomic mass is 9.78. The first kappa shape index (κ1) is 14.8. The molecule has 8 heteroatoms. The molecule has 2 atom stereocenters. The molecule has 0 saturated carbocycles. The van der Waals surface area contributed by atoms with E-state index < -0.39 is 5.41 Å². The number of likely N-dealkylation sites (tertiary alicyclic amines) is 1. The van der Waals surface area contributed by atoms with E-state index >= 15 is 0 Å². The van der Waals surface area contributed by atoms with E-state index in [1.54, 1.807) is 21.6 Å². The van der Waals surface area contributed by atoms with Crippen molar-refractivity contribution >= 4 is 40.4 Å². The smallest absolute Gasteiger partial charge is 0.275 e. The molecule has 1 spiro atoms. The van der Waals surface area contributed by atoms with Crippen LogP contribution in [-0.4, -0.2) is 45.9 Å². The topological polar surface area (TPSA) is 66.4 Å². The Morgan fingerprint density at radius 2 is 2.30 bits per heavy atom. The van der Waals surface area contributed by atoms with Crippen LogP contribution >= 0.6 is 22.9 Å². The Balaban J connectivity index is 1.58. The van der Waals surface area contributed by atoms with Crippen LogP contribution in [0.1, 0.15) is 23.8 Å². The second kappa shape index (κ2) is 5.38. The number of hydrogen-bond donors (Lipinski definition) is 0. The SMILES string of the molecule is C[C@@H]1CN(C(=O)c2csnn2)C[C@]12CCN(c1ccsc1)C2=O. The molecular weight excluding hydrogens is 332 g/mol. The van der Waals surface area contributed by atoms with Crippen LogP contribution in [0, 0.1) is 11.3 Å². The van der Waals surface area contributed by atoms with E-state index in [0.29, 0.717) is 18.8 Å². The molecule has 0 aliphatic carbocycles. The molecule has 0 unspecified atom stereocenters. The van der Waals surface area contributed by atoms with Gasteiger partial charge in [-0.25, -0.2) is 0 Å². The van der Waals surface area contributed by atoms with Crippen molar-refractivity contribution in [1.82, 2.24) is 14.5 Å². The molecule has 2 aromatic rings. The average Bonchev–Trinajstić information content (AvgIpc) is 3.31. The maximum absolute atomic E-state index is 13.1. The molecule has 2 aliphatic heterocycles. The zero-order valence-electron chi connectivity index (χ0n) is 12.6. The molecule has 2 aliphatic rings. The molecule has 0 radical (unpaired) electrons. The van der Waals surface area contributed by atoms with Gasteiger partial charge in [0.05, 0.1) is 11.1 Å². The summed E-state index contributed by atoms with van der Waals surface area (Å²) < 4.78 is 3.75. The second-order valence-electron chi connectivity index (χ2n) is 6.22. The molecule has 120 valence electrons. The van der Waals surface area contributed by atoms with Crippen LogP contribution in [0.5, 0.6) is 0 Å². The third kappa shape index (κ3) is 2.20. The number of nitrogens with zero attached hydrogens (tertiary/aromatic N) is 4. The van der Waals surface area contributed by atoms with Gasteiger partial charge >= 0.3 is 0 Å². The lowest BCUT2D eigenvalue weighted by Crippen LogP contribution is -2.40. The van der Waals surface area contributed by atoms with Crippen LogP contribution in [0.2, 0.25) is 0 Å². The van der Waals surface area contributed by atoms with Crippen molar-refractivity contribution in [3.8, 4) is 0 Å². The minimum atomic E-state index is -0.457. The van der Waals surface area contributed by atoms with Gasteiger partial charge in [0, 0.05) is 30.4 Å². The average molecular weight is 348 g/mol. The van der Waals surface area contributed by atoms with Crippen molar-refractivity contribution in [2.24, 2.45) is 11.3 Å². The van der Waals surface area contributed by atoms with E-state index in [-0.39, 0.29) is 17.7 Å². The van der Waals surface area contributed by atoms with E-state index in [1.165, 1.54) is 11.5 Å². The number of carbonyl (C=O) groups excluding carboxylic acids is 2. The molecule has 2 saturated heterocycles. The number of hydrogen-bond acceptors (Lipinski definition) is 6. The van der Waals surface area contributed by atoms with Crippen LogP contribution in [0.3, 0.4) is 0 Å². The van der Waals surface area contributed by atoms with Crippen LogP contribution < -0.4 is 4.90 Å². The molecule has 2 fully saturated rings. The van der Waals surface area contributed by atoms with E-state index in [4.69, 9.17) is 0 Å². The number of aromatic nitrogens is 2. The van der Waals surface area contributed by atoms with Gasteiger partial charge in [0.15, 0.2) is 5.69 Å². The first-order valence-electron chi connectivity index (χ1n) is 7.52. The number of amides is 2. The first-order valence-corrected chi connectivity index (χ1v) is 9.30. The van der Waals surface area contributed by atoms with Gasteiger partial charge in [-0.2, -0.15) is 11.3 Å². The fourth-order valence-corrected chi connectivity index (χ4v) is 4.76. The predicted octanol–water partition coefficient (Wildman–Crippen LogP) is 2.11. The fourth-order valence-electron chi connectivity index (χ4n) is 3.69. The van der Waals surface area contributed by atoms with Gasteiger partial charge < -0.3 is 9.80 Å². The zero-order valence-corrected chi connectivity index (χ0v) is 14.3. The Labute approximate surface area is 141 Å². The highest BCUT2D eigenvalue weighted by molar-refractivity contribution is 7.08. The lowest BCUT2D eigenvalue weighted by Gasteiger charge is -2.26. The first-order chi connectivity index (χ1) is 11.1. The van der Waals surface area contributed by atoms with Crippen molar-refractivity contribution in [2.75, 3.05) is 24.5 Å². The maximum atomic E-state index is 13.1. The van der Waals surface area contributed by atoms with Crippen LogP contribution in [0.15, 0.2) is 22.2 Å². The number of thiophene rings is 1. The molecule has 2 amide bonds. The lowest BCUT2D eigenvalue weighted by molar-refractivity contribution is -0.126. The van der Waals surface area contributed by atoms with Gasteiger partial charge in [-0.3, -0.25) is 9.59 Å². The van der Waals surface area contributed by atoms with Gasteiger partial charge in [-0.1, -0.05) is 11.4 Å². The van der Waals surface area contributed by atoms with Crippen molar-refractivity contribution in [3.63, 3.8) is 0 Å². The summed E-state index contributed by atoms with van der Waals surface area (Å²) >= 11 is 2.76. The largest absolute Gasteiger partial charge is 0.336 e. The molecule has 4 heterocycles. The van der Waals surface area contributed by atoms with Crippen molar-refractivity contribution in [1.29, 1.82) is 0 Å². The summed E-state index contributed by atoms with van der Waals surface area (Å²) in [5, 5.41) is 9.50. The minimum absolute atomic E-state index is 0.121. The quantitative estimate of drug-likeness (QED) is 0.834. The normalized spacial score (nSPS) is 27.3. The summed E-state index contributed by atoms with van der Waals surface area (Å²) in [5.41, 5.74) is 0.887. The maximum Gasteiger partial charge on any atom is 0.275 e. The Bertz CT molecular complexity index is 731. The van der Waals surface area contributed by atoms with E-state index in [2.05, 4.69) is 16.5 Å². The highest BCUT2D eigenvalue weighted by Gasteiger charge is 2.56. The molecule has 23 heavy (non-hydrogen) atoms. The summed E-state index contributed by atoms with van der Waals surface area (Å²) in [4.78, 5) is 29.2. The van der Waals surface area contributed by atoms with Crippen LogP contribution in [0.25, 0.3) is 0 Å². The molecule has 4 rings (SSSR count). The van der Waals surface area contributed by atoms with Crippen molar-refractivity contribution in [3.05, 3.63) is 27.9 Å². The van der Waals surface area contributed by atoms with Gasteiger partial charge in [0.25, 0.3) is 5.91 Å². The monoisotopic (exact) mass is 348 g/mol. The van der Waals surface area contributed by atoms with Crippen molar-refractivity contribution < 1.29 is 9.59 Å². The van der Waals surface area contributed by atoms with Gasteiger partial charge in [0.1, 0.15) is 0 Å². The summed E-state index contributed by atoms with van der Waals surface area (Å²) in [7, 11) is 0. The molecule has 0 bridgehead atoms. The Kier molecular flexibility index (Phi) is 3.46. The number of rotatable bonds is 2. The fraction of sp³-hybridized carbons (Fsp3) is 0.467. The molecular formula is C15H16N4O2S2. The summed E-state index contributed by atoms with van der Waals surface area (Å²) in [6.07, 6.45) is 0.794. The highest BCUT2D eigenvalue weighted by atomic mass is 32.1. The summed E-state index contributed by atoms with van der Waals surface area (Å²) in [6, 6.07) is 1.98. The molecule has 2 aromatic heterocycles. The second-order valence-corrected chi connectivity index (χ2v) is 7.61. The summed E-state index contributed by atoms with van der Waals surface area (Å²) in [5.74, 6) is 0.175. The Morgan fingerprint density at radius 3 is 3.00 bits per heavy atom. The van der Waals surface area contributed by atoms with E-state index in [9.17, 15) is 9.59 Å². The van der Waals surface area contributed by atoms with Gasteiger partial charge in [-0.05, 0) is 35.3 Å². The number of carbonyl (C=O) groups is 2. The van der Waals surface area contributed by atoms with E-state index in [0.717, 1.165) is 18.7 Å². The van der Waals surface area contributed by atoms with Crippen molar-refractivity contribution in [2.45, 2.75) is 13.3 Å². The van der Waals surface area contributed by atoms with Gasteiger partial charge in [0.2, 0.25) is 5.91 Å². The molecule has 6 nitrogen and oxygen atoms in total. The Hall–Kier alpha value is -1.80. The third-order valence-electron chi connectivity index (χ3n) is 5.05. The highest BCUT2D eigenvalue weighted by Crippen LogP contribution is 2.46. The third-order valence-corrected chi connectivity index (χ3v) is 6.22. The van der Waals surface area contributed by atoms with E-state index in [1.807, 2.05) is 21.7 Å². The Morgan fingerprint density at radius 1 is 1.43 bits per heavy atom. The standard InChI is InChI=1S/C15H16N4O2S2/c1-10-6-18(13(20)12-8-23-17-16-12)9-15(10)3-4-19(14(15)21)11-2-5-22-7-11/h2,5,7-8,10H,3-4,6,9H2,1H3/t10-,15-/m1/s1. The molecule has 0 aromatic carbocycles.